The van der Waals surface area contributed by atoms with Gasteiger partial charge in [-0.25, -0.2) is 10.4 Å². The van der Waals surface area contributed by atoms with Gasteiger partial charge in [0.1, 0.15) is 0 Å². The SMILES string of the molecule is CC1CC(=O)NN=C1c1ccc2nc(Nc3ccccc3)[nH]c2c1.CO. The van der Waals surface area contributed by atoms with Crippen molar-refractivity contribution in [2.75, 3.05) is 12.4 Å². The average molecular weight is 351 g/mol. The van der Waals surface area contributed by atoms with Crippen molar-refractivity contribution >= 4 is 34.3 Å². The monoisotopic (exact) mass is 351 g/mol. The van der Waals surface area contributed by atoms with E-state index in [1.165, 1.54) is 0 Å². The molecule has 0 bridgehead atoms. The lowest BCUT2D eigenvalue weighted by molar-refractivity contribution is -0.121. The molecule has 0 saturated carbocycles. The first-order valence-corrected chi connectivity index (χ1v) is 8.32. The molecule has 2 heterocycles. The molecule has 134 valence electrons. The first kappa shape index (κ1) is 17.6. The fraction of sp³-hybridized carbons (Fsp3) is 0.211. The molecule has 26 heavy (non-hydrogen) atoms. The minimum absolute atomic E-state index is 0.0387. The lowest BCUT2D eigenvalue weighted by Gasteiger charge is -2.18. The van der Waals surface area contributed by atoms with Crippen LogP contribution in [0.25, 0.3) is 11.0 Å². The maximum Gasteiger partial charge on any atom is 0.240 e. The number of para-hydroxylation sites is 1. The van der Waals surface area contributed by atoms with Crippen LogP contribution < -0.4 is 10.7 Å². The Morgan fingerprint density at radius 1 is 1.15 bits per heavy atom. The van der Waals surface area contributed by atoms with Gasteiger partial charge < -0.3 is 15.4 Å². The highest BCUT2D eigenvalue weighted by Gasteiger charge is 2.21. The van der Waals surface area contributed by atoms with Crippen LogP contribution in [-0.4, -0.2) is 33.8 Å². The molecule has 0 fully saturated rings. The Kier molecular flexibility index (Phi) is 5.28. The van der Waals surface area contributed by atoms with Gasteiger partial charge in [-0.15, -0.1) is 0 Å². The van der Waals surface area contributed by atoms with Crippen LogP contribution in [0.1, 0.15) is 18.9 Å². The minimum Gasteiger partial charge on any atom is -0.400 e. The van der Waals surface area contributed by atoms with Crippen LogP contribution in [-0.2, 0) is 4.79 Å². The number of aromatic nitrogens is 2. The molecule has 1 aromatic heterocycles. The van der Waals surface area contributed by atoms with Gasteiger partial charge in [-0.2, -0.15) is 5.10 Å². The van der Waals surface area contributed by atoms with Crippen LogP contribution in [0.15, 0.2) is 53.6 Å². The quantitative estimate of drug-likeness (QED) is 0.583. The first-order valence-electron chi connectivity index (χ1n) is 8.32. The fourth-order valence-electron chi connectivity index (χ4n) is 2.89. The van der Waals surface area contributed by atoms with Crippen LogP contribution in [0.2, 0.25) is 0 Å². The number of amides is 1. The second-order valence-electron chi connectivity index (χ2n) is 5.95. The van der Waals surface area contributed by atoms with E-state index in [-0.39, 0.29) is 11.8 Å². The summed E-state index contributed by atoms with van der Waals surface area (Å²) in [6.07, 6.45) is 0.459. The molecule has 7 heteroatoms. The Bertz CT molecular complexity index is 934. The Morgan fingerprint density at radius 2 is 1.92 bits per heavy atom. The molecule has 2 aromatic carbocycles. The third kappa shape index (κ3) is 3.73. The zero-order valence-corrected chi connectivity index (χ0v) is 14.7. The Balaban J connectivity index is 0.000000948. The Hall–Kier alpha value is -3.19. The number of H-pyrrole nitrogens is 1. The van der Waals surface area contributed by atoms with Gasteiger partial charge in [0.15, 0.2) is 0 Å². The van der Waals surface area contributed by atoms with E-state index in [4.69, 9.17) is 5.11 Å². The van der Waals surface area contributed by atoms with E-state index in [0.29, 0.717) is 12.4 Å². The normalized spacial score (nSPS) is 16.3. The number of nitrogens with zero attached hydrogens (tertiary/aromatic N) is 2. The van der Waals surface area contributed by atoms with E-state index in [2.05, 4.69) is 25.8 Å². The van der Waals surface area contributed by atoms with Crippen LogP contribution in [0, 0.1) is 5.92 Å². The third-order valence-corrected chi connectivity index (χ3v) is 4.07. The number of rotatable bonds is 3. The summed E-state index contributed by atoms with van der Waals surface area (Å²) < 4.78 is 0. The maximum absolute atomic E-state index is 11.4. The van der Waals surface area contributed by atoms with E-state index < -0.39 is 0 Å². The summed E-state index contributed by atoms with van der Waals surface area (Å²) >= 11 is 0. The van der Waals surface area contributed by atoms with Gasteiger partial charge in [-0.1, -0.05) is 31.2 Å². The molecule has 0 saturated heterocycles. The van der Waals surface area contributed by atoms with E-state index in [9.17, 15) is 4.79 Å². The maximum atomic E-state index is 11.4. The van der Waals surface area contributed by atoms with Crippen molar-refractivity contribution in [3.63, 3.8) is 0 Å². The molecule has 1 atom stereocenters. The Labute approximate surface area is 151 Å². The van der Waals surface area contributed by atoms with Crippen molar-refractivity contribution in [3.8, 4) is 0 Å². The number of imidazole rings is 1. The number of fused-ring (bicyclic) bond motifs is 1. The van der Waals surface area contributed by atoms with Crippen molar-refractivity contribution in [3.05, 3.63) is 54.1 Å². The zero-order chi connectivity index (χ0) is 18.5. The molecule has 1 amide bonds. The highest BCUT2D eigenvalue weighted by atomic mass is 16.2. The highest BCUT2D eigenvalue weighted by molar-refractivity contribution is 6.07. The molecular formula is C19H21N5O2. The lowest BCUT2D eigenvalue weighted by Crippen LogP contribution is -2.31. The number of aliphatic hydroxyl groups excluding tert-OH is 1. The number of aromatic amines is 1. The van der Waals surface area contributed by atoms with Crippen molar-refractivity contribution in [1.29, 1.82) is 0 Å². The van der Waals surface area contributed by atoms with Crippen molar-refractivity contribution in [1.82, 2.24) is 15.4 Å². The summed E-state index contributed by atoms with van der Waals surface area (Å²) in [6, 6.07) is 15.9. The first-order chi connectivity index (χ1) is 12.7. The number of aliphatic hydroxyl groups is 1. The summed E-state index contributed by atoms with van der Waals surface area (Å²) in [5.74, 6) is 0.754. The molecule has 1 unspecified atom stereocenters. The molecule has 1 aliphatic rings. The third-order valence-electron chi connectivity index (χ3n) is 4.07. The van der Waals surface area contributed by atoms with E-state index >= 15 is 0 Å². The molecule has 1 aliphatic heterocycles. The van der Waals surface area contributed by atoms with Gasteiger partial charge >= 0.3 is 0 Å². The number of hydrogen-bond donors (Lipinski definition) is 4. The van der Waals surface area contributed by atoms with Gasteiger partial charge in [0, 0.05) is 30.7 Å². The second kappa shape index (κ2) is 7.79. The molecule has 0 radical (unpaired) electrons. The predicted octanol–water partition coefficient (Wildman–Crippen LogP) is 2.78. The molecular weight excluding hydrogens is 330 g/mol. The van der Waals surface area contributed by atoms with Gasteiger partial charge in [-0.3, -0.25) is 4.79 Å². The van der Waals surface area contributed by atoms with Crippen molar-refractivity contribution in [2.24, 2.45) is 11.0 Å². The molecule has 0 spiro atoms. The number of carbonyl (C=O) groups excluding carboxylic acids is 1. The molecule has 4 N–H and O–H groups in total. The standard InChI is InChI=1S/C18H17N5O.CH4O/c1-11-9-16(24)22-23-17(11)12-7-8-14-15(10-12)21-18(20-14)19-13-5-3-2-4-6-13;1-2/h2-8,10-11H,9H2,1H3,(H,22,24)(H2,19,20,21);2H,1H3. The summed E-state index contributed by atoms with van der Waals surface area (Å²) in [5.41, 5.74) is 7.23. The molecule has 7 nitrogen and oxygen atoms in total. The summed E-state index contributed by atoms with van der Waals surface area (Å²) in [5, 5.41) is 14.5. The number of hydrazone groups is 1. The molecule has 0 aliphatic carbocycles. The van der Waals surface area contributed by atoms with Crippen LogP contribution in [0.5, 0.6) is 0 Å². The van der Waals surface area contributed by atoms with Crippen LogP contribution >= 0.6 is 0 Å². The Morgan fingerprint density at radius 3 is 2.65 bits per heavy atom. The van der Waals surface area contributed by atoms with Crippen molar-refractivity contribution < 1.29 is 9.90 Å². The fourth-order valence-corrected chi connectivity index (χ4v) is 2.89. The number of anilines is 2. The number of nitrogens with one attached hydrogen (secondary N) is 3. The average Bonchev–Trinajstić information content (AvgIpc) is 3.05. The summed E-state index contributed by atoms with van der Waals surface area (Å²) in [6.45, 7) is 2.01. The smallest absolute Gasteiger partial charge is 0.240 e. The topological polar surface area (TPSA) is 102 Å². The summed E-state index contributed by atoms with van der Waals surface area (Å²) in [4.78, 5) is 19.2. The van der Waals surface area contributed by atoms with Crippen LogP contribution in [0.3, 0.4) is 0 Å². The van der Waals surface area contributed by atoms with E-state index in [0.717, 1.165) is 35.1 Å². The largest absolute Gasteiger partial charge is 0.400 e. The molecule has 4 rings (SSSR count). The minimum atomic E-state index is -0.0387. The highest BCUT2D eigenvalue weighted by Crippen LogP contribution is 2.22. The number of carbonyl (C=O) groups is 1. The molecule has 3 aromatic rings. The second-order valence-corrected chi connectivity index (χ2v) is 5.95. The van der Waals surface area contributed by atoms with Gasteiger partial charge in [0.2, 0.25) is 11.9 Å². The van der Waals surface area contributed by atoms with Gasteiger partial charge in [0.25, 0.3) is 0 Å². The van der Waals surface area contributed by atoms with Gasteiger partial charge in [0.05, 0.1) is 16.7 Å². The predicted molar refractivity (Wildman–Crippen MR) is 102 cm³/mol. The number of benzene rings is 2. The van der Waals surface area contributed by atoms with E-state index in [1.807, 2.05) is 55.5 Å². The van der Waals surface area contributed by atoms with Crippen LogP contribution in [0.4, 0.5) is 11.6 Å². The zero-order valence-electron chi connectivity index (χ0n) is 14.7. The van der Waals surface area contributed by atoms with Gasteiger partial charge in [-0.05, 0) is 24.3 Å². The number of hydrogen-bond acceptors (Lipinski definition) is 5. The van der Waals surface area contributed by atoms with Crippen molar-refractivity contribution in [2.45, 2.75) is 13.3 Å². The van der Waals surface area contributed by atoms with E-state index in [1.54, 1.807) is 0 Å². The summed E-state index contributed by atoms with van der Waals surface area (Å²) in [7, 11) is 1.00. The lowest BCUT2D eigenvalue weighted by atomic mass is 9.94.